The molecule has 0 fully saturated rings. The zero-order valence-electron chi connectivity index (χ0n) is 14.1. The Morgan fingerprint density at radius 3 is 1.71 bits per heavy atom. The van der Waals surface area contributed by atoms with Gasteiger partial charge in [-0.2, -0.15) is 0 Å². The average molecular weight is 296 g/mol. The molecule has 1 heterocycles. The lowest BCUT2D eigenvalue weighted by Crippen LogP contribution is -2.61. The number of hydrogen-bond donors (Lipinski definition) is 0. The van der Waals surface area contributed by atoms with Crippen LogP contribution >= 0.6 is 0 Å². The van der Waals surface area contributed by atoms with Crippen LogP contribution in [-0.4, -0.2) is 37.2 Å². The van der Waals surface area contributed by atoms with Gasteiger partial charge in [0.25, 0.3) is 0 Å². The summed E-state index contributed by atoms with van der Waals surface area (Å²) < 4.78 is 23.3. The molecule has 6 heteroatoms. The van der Waals surface area contributed by atoms with Crippen LogP contribution in [0.3, 0.4) is 0 Å². The molecule has 0 radical (unpaired) electrons. The zero-order chi connectivity index (χ0) is 16.0. The minimum atomic E-state index is -2.13. The van der Waals surface area contributed by atoms with Crippen LogP contribution in [0.15, 0.2) is 18.2 Å². The Balaban J connectivity index is 3.29. The lowest BCUT2D eigenvalue weighted by Gasteiger charge is -2.45. The lowest BCUT2D eigenvalue weighted by atomic mass is 9.71. The van der Waals surface area contributed by atoms with Crippen LogP contribution < -0.4 is 10.3 Å². The molecule has 21 heavy (non-hydrogen) atoms. The quantitative estimate of drug-likeness (QED) is 0.690. The van der Waals surface area contributed by atoms with Crippen LogP contribution in [0.2, 0.25) is 0 Å². The van der Waals surface area contributed by atoms with Crippen LogP contribution in [0.1, 0.15) is 41.5 Å². The number of nitrogens with zero attached hydrogens (tertiary/aromatic N) is 1. The van der Waals surface area contributed by atoms with E-state index in [4.69, 9.17) is 18.7 Å². The van der Waals surface area contributed by atoms with Crippen molar-refractivity contribution >= 4 is 12.3 Å². The molecule has 0 spiro atoms. The van der Waals surface area contributed by atoms with E-state index in [9.17, 15) is 0 Å². The number of ether oxygens (including phenoxy) is 1. The third-order valence-electron chi connectivity index (χ3n) is 2.67. The van der Waals surface area contributed by atoms with E-state index in [0.717, 1.165) is 0 Å². The second kappa shape index (κ2) is 7.78. The van der Waals surface area contributed by atoms with Gasteiger partial charge in [0, 0.05) is 24.4 Å². The summed E-state index contributed by atoms with van der Waals surface area (Å²) in [5.41, 5.74) is 0.602. The summed E-state index contributed by atoms with van der Waals surface area (Å²) in [6.07, 6.45) is -0.179. The number of rotatable bonds is 8. The van der Waals surface area contributed by atoms with Gasteiger partial charge in [-0.3, -0.25) is 4.98 Å². The fourth-order valence-corrected chi connectivity index (χ4v) is 2.12. The van der Waals surface area contributed by atoms with Crippen molar-refractivity contribution in [1.29, 1.82) is 0 Å². The van der Waals surface area contributed by atoms with Gasteiger partial charge in [0.1, 0.15) is 0 Å². The standard InChI is InChI=1S/C15H27BNO4/c1-11(2)19-16(20-12(3)4,21-13(5)6)14-9-8-10-15(17-14)18-7/h8-13H,1-7H3/q-1. The van der Waals surface area contributed by atoms with Crippen LogP contribution in [0, 0.1) is 0 Å². The minimum absolute atomic E-state index is 0.0597. The fourth-order valence-electron chi connectivity index (χ4n) is 2.12. The molecule has 1 aromatic heterocycles. The normalized spacial score (nSPS) is 12.5. The van der Waals surface area contributed by atoms with E-state index in [2.05, 4.69) is 4.98 Å². The Labute approximate surface area is 128 Å². The van der Waals surface area contributed by atoms with Crippen molar-refractivity contribution in [3.63, 3.8) is 0 Å². The summed E-state index contributed by atoms with van der Waals surface area (Å²) in [4.78, 5) is 4.45. The van der Waals surface area contributed by atoms with E-state index >= 15 is 0 Å². The molecular weight excluding hydrogens is 269 g/mol. The Kier molecular flexibility index (Phi) is 6.64. The van der Waals surface area contributed by atoms with Crippen molar-refractivity contribution in [2.45, 2.75) is 59.9 Å². The first kappa shape index (κ1) is 17.9. The molecule has 0 aliphatic heterocycles. The molecule has 0 aromatic carbocycles. The summed E-state index contributed by atoms with van der Waals surface area (Å²) in [6.45, 7) is 9.56. The first-order valence-electron chi connectivity index (χ1n) is 7.47. The van der Waals surface area contributed by atoms with Crippen molar-refractivity contribution < 1.29 is 18.7 Å². The molecule has 0 aliphatic rings. The van der Waals surface area contributed by atoms with Crippen LogP contribution in [0.25, 0.3) is 0 Å². The Morgan fingerprint density at radius 1 is 0.857 bits per heavy atom. The third kappa shape index (κ3) is 5.30. The highest BCUT2D eigenvalue weighted by Crippen LogP contribution is 2.18. The molecule has 0 saturated carbocycles. The predicted octanol–water partition coefficient (Wildman–Crippen LogP) is 2.51. The first-order chi connectivity index (χ1) is 9.79. The second-order valence-electron chi connectivity index (χ2n) is 5.80. The van der Waals surface area contributed by atoms with Gasteiger partial charge < -0.3 is 18.7 Å². The van der Waals surface area contributed by atoms with Gasteiger partial charge in [0.15, 0.2) is 0 Å². The van der Waals surface area contributed by atoms with Crippen molar-refractivity contribution in [2.24, 2.45) is 0 Å². The monoisotopic (exact) mass is 296 g/mol. The molecule has 0 amide bonds. The van der Waals surface area contributed by atoms with Gasteiger partial charge in [-0.15, -0.1) is 0 Å². The molecule has 120 valence electrons. The van der Waals surface area contributed by atoms with E-state index in [1.807, 2.05) is 53.7 Å². The van der Waals surface area contributed by atoms with Crippen molar-refractivity contribution in [1.82, 2.24) is 4.98 Å². The summed E-state index contributed by atoms with van der Waals surface area (Å²) in [5.74, 6) is 0.505. The van der Waals surface area contributed by atoms with Crippen LogP contribution in [0.4, 0.5) is 0 Å². The summed E-state index contributed by atoms with van der Waals surface area (Å²) in [5, 5.41) is 0. The number of aromatic nitrogens is 1. The molecular formula is C15H27BNO4-. The molecule has 0 N–H and O–H groups in total. The van der Waals surface area contributed by atoms with E-state index in [0.29, 0.717) is 11.5 Å². The Hall–Kier alpha value is -1.11. The highest BCUT2D eigenvalue weighted by atomic mass is 16.8. The largest absolute Gasteiger partial charge is 0.538 e. The number of methoxy groups -OCH3 is 1. The highest BCUT2D eigenvalue weighted by molar-refractivity contribution is 6.74. The van der Waals surface area contributed by atoms with Crippen molar-refractivity contribution in [3.8, 4) is 5.88 Å². The first-order valence-corrected chi connectivity index (χ1v) is 7.47. The molecule has 1 aromatic rings. The molecule has 1 rings (SSSR count). The highest BCUT2D eigenvalue weighted by Gasteiger charge is 2.36. The van der Waals surface area contributed by atoms with Gasteiger partial charge in [-0.05, 0) is 47.1 Å². The van der Waals surface area contributed by atoms with E-state index < -0.39 is 6.75 Å². The smallest absolute Gasteiger partial charge is 0.428 e. The van der Waals surface area contributed by atoms with Gasteiger partial charge in [0.05, 0.1) is 7.11 Å². The van der Waals surface area contributed by atoms with E-state index in [1.165, 1.54) is 0 Å². The molecule has 5 nitrogen and oxygen atoms in total. The molecule has 0 aliphatic carbocycles. The van der Waals surface area contributed by atoms with Crippen molar-refractivity contribution in [3.05, 3.63) is 18.2 Å². The van der Waals surface area contributed by atoms with Crippen LogP contribution in [0.5, 0.6) is 5.88 Å². The SMILES string of the molecule is COc1cccc([B-](OC(C)C)(OC(C)C)OC(C)C)n1. The maximum absolute atomic E-state index is 6.05. The molecule has 0 unspecified atom stereocenters. The van der Waals surface area contributed by atoms with Gasteiger partial charge in [-0.25, -0.2) is 0 Å². The molecule has 0 bridgehead atoms. The van der Waals surface area contributed by atoms with Crippen molar-refractivity contribution in [2.75, 3.05) is 7.11 Å². The number of hydrogen-bond acceptors (Lipinski definition) is 5. The predicted molar refractivity (Wildman–Crippen MR) is 84.8 cm³/mol. The van der Waals surface area contributed by atoms with Gasteiger partial charge in [0.2, 0.25) is 5.88 Å². The average Bonchev–Trinajstić information content (AvgIpc) is 2.36. The van der Waals surface area contributed by atoms with E-state index in [-0.39, 0.29) is 18.3 Å². The molecule has 0 saturated heterocycles. The third-order valence-corrected chi connectivity index (χ3v) is 2.67. The Bertz CT molecular complexity index is 411. The second-order valence-corrected chi connectivity index (χ2v) is 5.80. The lowest BCUT2D eigenvalue weighted by molar-refractivity contribution is 0.0146. The summed E-state index contributed by atoms with van der Waals surface area (Å²) in [7, 11) is 1.58. The van der Waals surface area contributed by atoms with Crippen LogP contribution in [-0.2, 0) is 14.0 Å². The Morgan fingerprint density at radius 2 is 1.33 bits per heavy atom. The number of pyridine rings is 1. The fraction of sp³-hybridized carbons (Fsp3) is 0.667. The summed E-state index contributed by atoms with van der Waals surface area (Å²) >= 11 is 0. The summed E-state index contributed by atoms with van der Waals surface area (Å²) in [6, 6.07) is 5.48. The van der Waals surface area contributed by atoms with Gasteiger partial charge >= 0.3 is 6.75 Å². The maximum atomic E-state index is 6.05. The van der Waals surface area contributed by atoms with E-state index in [1.54, 1.807) is 13.2 Å². The van der Waals surface area contributed by atoms with Gasteiger partial charge in [-0.1, -0.05) is 12.1 Å². The molecule has 0 atom stereocenters. The maximum Gasteiger partial charge on any atom is 0.428 e. The topological polar surface area (TPSA) is 49.8 Å². The zero-order valence-corrected chi connectivity index (χ0v) is 14.1. The minimum Gasteiger partial charge on any atom is -0.538 e.